The number of benzene rings is 2. The minimum absolute atomic E-state index is 0.0151. The van der Waals surface area contributed by atoms with Gasteiger partial charge in [-0.05, 0) is 37.4 Å². The maximum atomic E-state index is 12.1. The van der Waals surface area contributed by atoms with Gasteiger partial charge < -0.3 is 14.7 Å². The van der Waals surface area contributed by atoms with Crippen LogP contribution in [0, 0.1) is 0 Å². The van der Waals surface area contributed by atoms with Gasteiger partial charge in [0, 0.05) is 31.4 Å². The molecule has 1 unspecified atom stereocenters. The van der Waals surface area contributed by atoms with Gasteiger partial charge in [-0.2, -0.15) is 5.10 Å². The number of aliphatic imine (C=N–C) groups is 1. The minimum Gasteiger partial charge on any atom is -0.504 e. The van der Waals surface area contributed by atoms with Gasteiger partial charge in [-0.3, -0.25) is 14.7 Å². The monoisotopic (exact) mass is 423 g/mol. The molecule has 0 fully saturated rings. The molecule has 2 aromatic rings. The molecule has 0 saturated heterocycles. The van der Waals surface area contributed by atoms with E-state index in [0.717, 1.165) is 19.6 Å². The van der Waals surface area contributed by atoms with E-state index in [-0.39, 0.29) is 24.2 Å². The highest BCUT2D eigenvalue weighted by Gasteiger charge is 2.15. The summed E-state index contributed by atoms with van der Waals surface area (Å²) >= 11 is 0. The van der Waals surface area contributed by atoms with Crippen LogP contribution in [0.15, 0.2) is 52.6 Å². The number of carbonyl (C=O) groups is 1. The topological polar surface area (TPSA) is 89.8 Å². The molecule has 3 rings (SSSR count). The van der Waals surface area contributed by atoms with Crippen LogP contribution in [-0.4, -0.2) is 74.1 Å². The van der Waals surface area contributed by atoms with Crippen LogP contribution in [-0.2, 0) is 11.3 Å². The predicted molar refractivity (Wildman–Crippen MR) is 122 cm³/mol. The minimum atomic E-state index is -0.221. The molecule has 164 valence electrons. The fourth-order valence-electron chi connectivity index (χ4n) is 3.11. The highest BCUT2D eigenvalue weighted by Crippen LogP contribution is 2.28. The number of likely N-dealkylation sites (N-methyl/N-ethyl adjacent to an activating group) is 2. The van der Waals surface area contributed by atoms with Gasteiger partial charge in [-0.15, -0.1) is 0 Å². The average molecular weight is 424 g/mol. The van der Waals surface area contributed by atoms with E-state index in [2.05, 4.69) is 51.7 Å². The van der Waals surface area contributed by atoms with Crippen LogP contribution in [0.2, 0.25) is 0 Å². The lowest BCUT2D eigenvalue weighted by molar-refractivity contribution is -0.121. The average Bonchev–Trinajstić information content (AvgIpc) is 3.59. The zero-order valence-electron chi connectivity index (χ0n) is 18.2. The first kappa shape index (κ1) is 22.5. The van der Waals surface area contributed by atoms with Crippen molar-refractivity contribution in [2.75, 3.05) is 40.8 Å². The Morgan fingerprint density at radius 3 is 2.58 bits per heavy atom. The molecule has 8 nitrogen and oxygen atoms in total. The van der Waals surface area contributed by atoms with E-state index in [4.69, 9.17) is 4.74 Å². The third-order valence-corrected chi connectivity index (χ3v) is 4.99. The molecule has 1 atom stereocenters. The Morgan fingerprint density at radius 2 is 1.90 bits per heavy atom. The molecule has 0 radical (unpaired) electrons. The van der Waals surface area contributed by atoms with Gasteiger partial charge in [0.1, 0.15) is 6.04 Å². The van der Waals surface area contributed by atoms with E-state index >= 15 is 0 Å². The van der Waals surface area contributed by atoms with Crippen molar-refractivity contribution in [3.63, 3.8) is 0 Å². The molecule has 2 aromatic carbocycles. The second-order valence-corrected chi connectivity index (χ2v) is 7.65. The second kappa shape index (κ2) is 10.7. The molecule has 31 heavy (non-hydrogen) atoms. The summed E-state index contributed by atoms with van der Waals surface area (Å²) in [5.74, 6) is 0.118. The summed E-state index contributed by atoms with van der Waals surface area (Å²) in [5.41, 5.74) is 5.44. The molecule has 0 aliphatic carbocycles. The highest BCUT2D eigenvalue weighted by atomic mass is 16.5. The molecule has 0 bridgehead atoms. The number of aromatic hydroxyl groups is 1. The summed E-state index contributed by atoms with van der Waals surface area (Å²) in [7, 11) is 5.44. The molecule has 0 aromatic heterocycles. The molecule has 1 amide bonds. The van der Waals surface area contributed by atoms with Crippen LogP contribution >= 0.6 is 0 Å². The lowest BCUT2D eigenvalue weighted by atomic mass is 10.1. The number of hydrogen-bond acceptors (Lipinski definition) is 7. The number of carbonyl (C=O) groups excluding carboxylic acids is 1. The molecule has 1 aliphatic heterocycles. The first-order chi connectivity index (χ1) is 15.0. The van der Waals surface area contributed by atoms with E-state index in [1.807, 2.05) is 18.2 Å². The Morgan fingerprint density at radius 1 is 1.19 bits per heavy atom. The Balaban J connectivity index is 1.36. The van der Waals surface area contributed by atoms with Gasteiger partial charge in [-0.1, -0.05) is 30.3 Å². The van der Waals surface area contributed by atoms with Crippen LogP contribution in [0.1, 0.15) is 22.7 Å². The standard InChI is InChI=1S/C23H29N5O3/c1-27(15-17-7-9-18(10-8-17)20-14-24-20)11-12-28(2)16-22(29)26-25-13-19-5-4-6-21(31-3)23(19)30/h4-10,13-14,20,30H,11-12,15-16H2,1-3H3,(H,26,29)/b25-13+. The van der Waals surface area contributed by atoms with Crippen LogP contribution < -0.4 is 10.2 Å². The second-order valence-electron chi connectivity index (χ2n) is 7.65. The lowest BCUT2D eigenvalue weighted by Gasteiger charge is -2.21. The molecule has 1 heterocycles. The van der Waals surface area contributed by atoms with Crippen LogP contribution in [0.4, 0.5) is 0 Å². The molecule has 8 heteroatoms. The number of amides is 1. The Hall–Kier alpha value is -3.23. The normalized spacial score (nSPS) is 15.1. The molecule has 1 aliphatic rings. The number of para-hydroxylation sites is 1. The van der Waals surface area contributed by atoms with Gasteiger partial charge in [-0.25, -0.2) is 5.43 Å². The predicted octanol–water partition coefficient (Wildman–Crippen LogP) is 2.04. The van der Waals surface area contributed by atoms with E-state index in [1.54, 1.807) is 18.2 Å². The molecule has 0 spiro atoms. The summed E-state index contributed by atoms with van der Waals surface area (Å²) in [4.78, 5) is 20.4. The molecule has 0 saturated carbocycles. The maximum absolute atomic E-state index is 12.1. The van der Waals surface area contributed by atoms with Crippen molar-refractivity contribution in [1.29, 1.82) is 0 Å². The van der Waals surface area contributed by atoms with Crippen molar-refractivity contribution in [1.82, 2.24) is 15.2 Å². The molecular formula is C23H29N5O3. The number of nitrogens with one attached hydrogen (secondary N) is 1. The Kier molecular flexibility index (Phi) is 7.75. The van der Waals surface area contributed by atoms with Gasteiger partial charge in [0.25, 0.3) is 5.91 Å². The number of nitrogens with zero attached hydrogens (tertiary/aromatic N) is 4. The summed E-state index contributed by atoms with van der Waals surface area (Å²) in [6.45, 7) is 2.65. The first-order valence-corrected chi connectivity index (χ1v) is 10.1. The van der Waals surface area contributed by atoms with Gasteiger partial charge in [0.05, 0.1) is 19.9 Å². The number of rotatable bonds is 11. The summed E-state index contributed by atoms with van der Waals surface area (Å²) in [5, 5.41) is 13.9. The first-order valence-electron chi connectivity index (χ1n) is 10.1. The van der Waals surface area contributed by atoms with Crippen molar-refractivity contribution >= 4 is 18.3 Å². The zero-order valence-corrected chi connectivity index (χ0v) is 18.2. The smallest absolute Gasteiger partial charge is 0.254 e. The zero-order chi connectivity index (χ0) is 22.2. The number of hydrogen-bond donors (Lipinski definition) is 2. The fourth-order valence-corrected chi connectivity index (χ4v) is 3.11. The van der Waals surface area contributed by atoms with E-state index in [9.17, 15) is 9.90 Å². The number of hydrazone groups is 1. The SMILES string of the molecule is COc1cccc(/C=N/NC(=O)CN(C)CCN(C)Cc2ccc(C3C=N3)cc2)c1O. The molecular weight excluding hydrogens is 394 g/mol. The van der Waals surface area contributed by atoms with Crippen molar-refractivity contribution in [3.8, 4) is 11.5 Å². The Bertz CT molecular complexity index is 937. The lowest BCUT2D eigenvalue weighted by Crippen LogP contribution is -2.37. The third kappa shape index (κ3) is 6.91. The van der Waals surface area contributed by atoms with Gasteiger partial charge in [0.15, 0.2) is 11.5 Å². The van der Waals surface area contributed by atoms with Crippen molar-refractivity contribution in [2.24, 2.45) is 10.1 Å². The Labute approximate surface area is 182 Å². The largest absolute Gasteiger partial charge is 0.504 e. The third-order valence-electron chi connectivity index (χ3n) is 4.99. The van der Waals surface area contributed by atoms with Gasteiger partial charge >= 0.3 is 0 Å². The highest BCUT2D eigenvalue weighted by molar-refractivity contribution is 5.86. The molecule has 2 N–H and O–H groups in total. The van der Waals surface area contributed by atoms with E-state index in [1.165, 1.54) is 24.5 Å². The van der Waals surface area contributed by atoms with Crippen molar-refractivity contribution in [3.05, 3.63) is 59.2 Å². The van der Waals surface area contributed by atoms with Crippen molar-refractivity contribution in [2.45, 2.75) is 12.6 Å². The number of phenolic OH excluding ortho intramolecular Hbond substituents is 1. The van der Waals surface area contributed by atoms with Crippen LogP contribution in [0.3, 0.4) is 0 Å². The van der Waals surface area contributed by atoms with Crippen LogP contribution in [0.25, 0.3) is 0 Å². The quantitative estimate of drug-likeness (QED) is 0.426. The summed E-state index contributed by atoms with van der Waals surface area (Å²) in [6, 6.07) is 13.9. The summed E-state index contributed by atoms with van der Waals surface area (Å²) in [6.07, 6.45) is 3.34. The maximum Gasteiger partial charge on any atom is 0.254 e. The summed E-state index contributed by atoms with van der Waals surface area (Å²) < 4.78 is 5.05. The number of phenols is 1. The van der Waals surface area contributed by atoms with Crippen LogP contribution in [0.5, 0.6) is 11.5 Å². The number of ether oxygens (including phenoxy) is 1. The van der Waals surface area contributed by atoms with E-state index < -0.39 is 0 Å². The fraction of sp³-hybridized carbons (Fsp3) is 0.348. The number of methoxy groups -OCH3 is 1. The van der Waals surface area contributed by atoms with E-state index in [0.29, 0.717) is 11.3 Å². The van der Waals surface area contributed by atoms with Gasteiger partial charge in [0.2, 0.25) is 0 Å². The van der Waals surface area contributed by atoms with Crippen molar-refractivity contribution < 1.29 is 14.6 Å².